The Kier molecular flexibility index (Phi) is 9.74. The zero-order valence-corrected chi connectivity index (χ0v) is 15.0. The third-order valence-electron chi connectivity index (χ3n) is 3.39. The fraction of sp³-hybridized carbons (Fsp3) is 0.500. The Labute approximate surface area is 152 Å². The largest absolute Gasteiger partial charge is 0.466 e. The van der Waals surface area contributed by atoms with Gasteiger partial charge >= 0.3 is 11.9 Å². The molecule has 8 heteroatoms. The van der Waals surface area contributed by atoms with Gasteiger partial charge in [-0.2, -0.15) is 0 Å². The van der Waals surface area contributed by atoms with E-state index in [0.717, 1.165) is 0 Å². The van der Waals surface area contributed by atoms with Crippen LogP contribution in [0.5, 0.6) is 0 Å². The predicted molar refractivity (Wildman–Crippen MR) is 94.7 cm³/mol. The van der Waals surface area contributed by atoms with Crippen LogP contribution >= 0.6 is 0 Å². The van der Waals surface area contributed by atoms with Crippen LogP contribution in [-0.2, 0) is 19.1 Å². The van der Waals surface area contributed by atoms with E-state index in [9.17, 15) is 18.8 Å². The van der Waals surface area contributed by atoms with Crippen molar-refractivity contribution >= 4 is 23.5 Å². The molecule has 1 atom stereocenters. The van der Waals surface area contributed by atoms with Crippen molar-refractivity contribution in [2.45, 2.75) is 32.7 Å². The van der Waals surface area contributed by atoms with Crippen LogP contribution in [0.3, 0.4) is 0 Å². The van der Waals surface area contributed by atoms with E-state index >= 15 is 0 Å². The van der Waals surface area contributed by atoms with E-state index in [2.05, 4.69) is 10.6 Å². The van der Waals surface area contributed by atoms with E-state index in [-0.39, 0.29) is 32.6 Å². The summed E-state index contributed by atoms with van der Waals surface area (Å²) in [6, 6.07) is 5.45. The second-order valence-electron chi connectivity index (χ2n) is 5.31. The number of hydrogen-bond donors (Lipinski definition) is 2. The summed E-state index contributed by atoms with van der Waals surface area (Å²) in [5.74, 6) is -1.52. The van der Waals surface area contributed by atoms with Gasteiger partial charge in [-0.3, -0.25) is 9.59 Å². The molecule has 1 aromatic carbocycles. The van der Waals surface area contributed by atoms with Gasteiger partial charge in [0.2, 0.25) is 0 Å². The van der Waals surface area contributed by atoms with Gasteiger partial charge in [-0.15, -0.1) is 0 Å². The van der Waals surface area contributed by atoms with E-state index in [4.69, 9.17) is 9.47 Å². The molecule has 0 aromatic heterocycles. The van der Waals surface area contributed by atoms with Crippen LogP contribution in [-0.4, -0.2) is 50.3 Å². The van der Waals surface area contributed by atoms with Crippen LogP contribution in [0.25, 0.3) is 0 Å². The number of hydrogen-bond acceptors (Lipinski definition) is 6. The van der Waals surface area contributed by atoms with Crippen molar-refractivity contribution < 1.29 is 28.2 Å². The molecule has 0 bridgehead atoms. The van der Waals surface area contributed by atoms with Crippen molar-refractivity contribution in [3.63, 3.8) is 0 Å². The maximum atomic E-state index is 12.3. The minimum absolute atomic E-state index is 0.0102. The van der Waals surface area contributed by atoms with Crippen molar-refractivity contribution in [2.75, 3.05) is 31.7 Å². The minimum atomic E-state index is -0.948. The molecule has 0 saturated carbocycles. The Hall–Kier alpha value is -2.64. The number of esters is 2. The maximum Gasteiger partial charge on any atom is 0.328 e. The highest BCUT2D eigenvalue weighted by Gasteiger charge is 2.23. The standard InChI is InChI=1S/C18H25FN2O5/c1-3-25-16(22)10-9-15(18(24)26-4-2)21-17(23)13-5-7-14(8-6-13)20-12-11-19/h5-8,15,20H,3-4,9-12H2,1-2H3,(H,21,23)/t15-/m1/s1. The molecule has 0 heterocycles. The fourth-order valence-electron chi connectivity index (χ4n) is 2.16. The van der Waals surface area contributed by atoms with Gasteiger partial charge in [0.25, 0.3) is 5.91 Å². The summed E-state index contributed by atoms with van der Waals surface area (Å²) in [6.45, 7) is 3.45. The molecule has 7 nitrogen and oxygen atoms in total. The van der Waals surface area contributed by atoms with Gasteiger partial charge < -0.3 is 20.1 Å². The second-order valence-corrected chi connectivity index (χ2v) is 5.31. The summed E-state index contributed by atoms with van der Waals surface area (Å²) >= 11 is 0. The maximum absolute atomic E-state index is 12.3. The van der Waals surface area contributed by atoms with E-state index in [1.807, 2.05) is 0 Å². The number of amides is 1. The van der Waals surface area contributed by atoms with Crippen LogP contribution in [0.15, 0.2) is 24.3 Å². The van der Waals surface area contributed by atoms with Gasteiger partial charge in [-0.1, -0.05) is 0 Å². The lowest BCUT2D eigenvalue weighted by atomic mass is 10.1. The van der Waals surface area contributed by atoms with Crippen molar-refractivity contribution in [1.29, 1.82) is 0 Å². The van der Waals surface area contributed by atoms with E-state index in [1.54, 1.807) is 38.1 Å². The van der Waals surface area contributed by atoms with Crippen molar-refractivity contribution in [2.24, 2.45) is 0 Å². The number of halogens is 1. The van der Waals surface area contributed by atoms with Crippen LogP contribution < -0.4 is 10.6 Å². The van der Waals surface area contributed by atoms with Crippen molar-refractivity contribution in [3.8, 4) is 0 Å². The van der Waals surface area contributed by atoms with Gasteiger partial charge in [0.1, 0.15) is 12.7 Å². The first kappa shape index (κ1) is 21.4. The first-order valence-electron chi connectivity index (χ1n) is 8.54. The highest BCUT2D eigenvalue weighted by atomic mass is 19.1. The highest BCUT2D eigenvalue weighted by Crippen LogP contribution is 2.10. The molecule has 0 radical (unpaired) electrons. The predicted octanol–water partition coefficient (Wildman–Crippen LogP) is 2.07. The molecule has 26 heavy (non-hydrogen) atoms. The Balaban J connectivity index is 2.70. The molecule has 0 saturated heterocycles. The smallest absolute Gasteiger partial charge is 0.328 e. The highest BCUT2D eigenvalue weighted by molar-refractivity contribution is 5.97. The molecular weight excluding hydrogens is 343 g/mol. The van der Waals surface area contributed by atoms with Crippen LogP contribution in [0, 0.1) is 0 Å². The van der Waals surface area contributed by atoms with E-state index in [1.165, 1.54) is 0 Å². The number of rotatable bonds is 11. The van der Waals surface area contributed by atoms with Gasteiger partial charge in [-0.25, -0.2) is 9.18 Å². The average molecular weight is 368 g/mol. The van der Waals surface area contributed by atoms with E-state index < -0.39 is 30.6 Å². The number of alkyl halides is 1. The summed E-state index contributed by atoms with van der Waals surface area (Å²) in [4.78, 5) is 35.8. The quantitative estimate of drug-likeness (QED) is 0.581. The molecule has 144 valence electrons. The Morgan fingerprint density at radius 2 is 1.73 bits per heavy atom. The number of ether oxygens (including phenoxy) is 2. The summed E-state index contributed by atoms with van der Waals surface area (Å²) in [5.41, 5.74) is 1.02. The second kappa shape index (κ2) is 11.8. The lowest BCUT2D eigenvalue weighted by Gasteiger charge is -2.17. The van der Waals surface area contributed by atoms with Crippen LogP contribution in [0.2, 0.25) is 0 Å². The number of anilines is 1. The van der Waals surface area contributed by atoms with Crippen molar-refractivity contribution in [3.05, 3.63) is 29.8 Å². The lowest BCUT2D eigenvalue weighted by Crippen LogP contribution is -2.42. The van der Waals surface area contributed by atoms with Gasteiger partial charge in [0.05, 0.1) is 13.2 Å². The molecule has 2 N–H and O–H groups in total. The topological polar surface area (TPSA) is 93.7 Å². The fourth-order valence-corrected chi connectivity index (χ4v) is 2.16. The van der Waals surface area contributed by atoms with Gasteiger partial charge in [0, 0.05) is 24.2 Å². The first-order chi connectivity index (χ1) is 12.5. The normalized spacial score (nSPS) is 11.3. The Morgan fingerprint density at radius 1 is 1.08 bits per heavy atom. The lowest BCUT2D eigenvalue weighted by molar-refractivity contribution is -0.146. The molecule has 0 unspecified atom stereocenters. The molecule has 0 spiro atoms. The summed E-state index contributed by atoms with van der Waals surface area (Å²) in [6.07, 6.45) is 0.0727. The van der Waals surface area contributed by atoms with Crippen LogP contribution in [0.1, 0.15) is 37.0 Å². The summed E-state index contributed by atoms with van der Waals surface area (Å²) < 4.78 is 21.9. The van der Waals surface area contributed by atoms with Crippen LogP contribution in [0.4, 0.5) is 10.1 Å². The van der Waals surface area contributed by atoms with Gasteiger partial charge in [0.15, 0.2) is 0 Å². The van der Waals surface area contributed by atoms with Gasteiger partial charge in [-0.05, 0) is 44.5 Å². The SMILES string of the molecule is CCOC(=O)CC[C@@H](NC(=O)c1ccc(NCCF)cc1)C(=O)OCC. The molecule has 1 rings (SSSR count). The average Bonchev–Trinajstić information content (AvgIpc) is 2.64. The monoisotopic (exact) mass is 368 g/mol. The third kappa shape index (κ3) is 7.50. The molecule has 1 amide bonds. The number of benzene rings is 1. The molecule has 0 aliphatic carbocycles. The first-order valence-corrected chi connectivity index (χ1v) is 8.54. The summed E-state index contributed by atoms with van der Waals surface area (Å²) in [7, 11) is 0. The third-order valence-corrected chi connectivity index (χ3v) is 3.39. The number of nitrogens with one attached hydrogen (secondary N) is 2. The van der Waals surface area contributed by atoms with Crippen molar-refractivity contribution in [1.82, 2.24) is 5.32 Å². The zero-order chi connectivity index (χ0) is 19.4. The molecular formula is C18H25FN2O5. The number of carbonyl (C=O) groups is 3. The molecule has 0 fully saturated rings. The molecule has 0 aliphatic rings. The Bertz CT molecular complexity index is 592. The Morgan fingerprint density at radius 3 is 2.31 bits per heavy atom. The summed E-state index contributed by atoms with van der Waals surface area (Å²) in [5, 5.41) is 5.43. The molecule has 1 aromatic rings. The minimum Gasteiger partial charge on any atom is -0.466 e. The van der Waals surface area contributed by atoms with E-state index in [0.29, 0.717) is 11.3 Å². The molecule has 0 aliphatic heterocycles. The number of carbonyl (C=O) groups excluding carboxylic acids is 3. The zero-order valence-electron chi connectivity index (χ0n) is 15.0.